The monoisotopic (exact) mass is 334 g/mol. The smallest absolute Gasteiger partial charge is 0.0152 e. The third-order valence-electron chi connectivity index (χ3n) is 6.53. The van der Waals surface area contributed by atoms with E-state index in [1.54, 1.807) is 5.56 Å². The lowest BCUT2D eigenvalue weighted by molar-refractivity contribution is 0.277. The molecule has 2 aromatic carbocycles. The Hall–Kier alpha value is -1.56. The third kappa shape index (κ3) is 4.35. The zero-order valence-corrected chi connectivity index (χ0v) is 16.6. The molecule has 0 atom stereocenters. The van der Waals surface area contributed by atoms with E-state index in [0.717, 1.165) is 18.3 Å². The SMILES string of the molecule is CCc1ccc(-c2ccc(CCC3CCC(C)CC3)c(C)c2C)cc1. The molecule has 0 N–H and O–H groups in total. The number of hydrogen-bond donors (Lipinski definition) is 0. The Morgan fingerprint density at radius 3 is 2.16 bits per heavy atom. The highest BCUT2D eigenvalue weighted by atomic mass is 14.2. The summed E-state index contributed by atoms with van der Waals surface area (Å²) in [6.07, 6.45) is 9.50. The second kappa shape index (κ2) is 8.21. The molecule has 0 saturated heterocycles. The molecule has 1 aliphatic rings. The average Bonchev–Trinajstić information content (AvgIpc) is 2.64. The van der Waals surface area contributed by atoms with E-state index in [1.165, 1.54) is 66.3 Å². The largest absolute Gasteiger partial charge is 0.0625 e. The molecule has 0 unspecified atom stereocenters. The summed E-state index contributed by atoms with van der Waals surface area (Å²) in [6, 6.07) is 13.8. The lowest BCUT2D eigenvalue weighted by Gasteiger charge is -2.26. The minimum atomic E-state index is 0.956. The van der Waals surface area contributed by atoms with E-state index in [0.29, 0.717) is 0 Å². The fourth-order valence-electron chi connectivity index (χ4n) is 4.36. The van der Waals surface area contributed by atoms with Gasteiger partial charge in [0.2, 0.25) is 0 Å². The first kappa shape index (κ1) is 18.2. The summed E-state index contributed by atoms with van der Waals surface area (Å²) in [5, 5.41) is 0. The van der Waals surface area contributed by atoms with Crippen LogP contribution in [0.4, 0.5) is 0 Å². The van der Waals surface area contributed by atoms with Gasteiger partial charge in [0.15, 0.2) is 0 Å². The van der Waals surface area contributed by atoms with Gasteiger partial charge in [0, 0.05) is 0 Å². The van der Waals surface area contributed by atoms with E-state index in [4.69, 9.17) is 0 Å². The molecule has 0 radical (unpaired) electrons. The van der Waals surface area contributed by atoms with Crippen molar-refractivity contribution in [1.82, 2.24) is 0 Å². The van der Waals surface area contributed by atoms with Gasteiger partial charge < -0.3 is 0 Å². The molecule has 0 heterocycles. The van der Waals surface area contributed by atoms with Gasteiger partial charge in [-0.1, -0.05) is 75.9 Å². The van der Waals surface area contributed by atoms with Crippen molar-refractivity contribution in [2.24, 2.45) is 11.8 Å². The first-order valence-corrected chi connectivity index (χ1v) is 10.3. The first-order chi connectivity index (χ1) is 12.1. The second-order valence-electron chi connectivity index (χ2n) is 8.24. The summed E-state index contributed by atoms with van der Waals surface area (Å²) >= 11 is 0. The summed E-state index contributed by atoms with van der Waals surface area (Å²) in [5.41, 5.74) is 8.68. The predicted octanol–water partition coefficient (Wildman–Crippen LogP) is 7.29. The Morgan fingerprint density at radius 2 is 1.52 bits per heavy atom. The normalized spacial score (nSPS) is 20.6. The van der Waals surface area contributed by atoms with Crippen LogP contribution in [0.2, 0.25) is 0 Å². The summed E-state index contributed by atoms with van der Waals surface area (Å²) in [5.74, 6) is 1.91. The van der Waals surface area contributed by atoms with Crippen molar-refractivity contribution < 1.29 is 0 Å². The summed E-state index contributed by atoms with van der Waals surface area (Å²) in [6.45, 7) is 9.24. The fraction of sp³-hybridized carbons (Fsp3) is 0.520. The maximum absolute atomic E-state index is 2.41. The highest BCUT2D eigenvalue weighted by Gasteiger charge is 2.18. The van der Waals surface area contributed by atoms with Crippen molar-refractivity contribution in [2.75, 3.05) is 0 Å². The lowest BCUT2D eigenvalue weighted by atomic mass is 9.80. The van der Waals surface area contributed by atoms with Crippen molar-refractivity contribution in [3.63, 3.8) is 0 Å². The van der Waals surface area contributed by atoms with Crippen LogP contribution in [0.15, 0.2) is 36.4 Å². The zero-order valence-electron chi connectivity index (χ0n) is 16.6. The number of hydrogen-bond acceptors (Lipinski definition) is 0. The highest BCUT2D eigenvalue weighted by Crippen LogP contribution is 2.33. The Bertz CT molecular complexity index is 685. The molecule has 0 heteroatoms. The second-order valence-corrected chi connectivity index (χ2v) is 8.24. The maximum Gasteiger partial charge on any atom is -0.0152 e. The van der Waals surface area contributed by atoms with Crippen molar-refractivity contribution >= 4 is 0 Å². The third-order valence-corrected chi connectivity index (χ3v) is 6.53. The zero-order chi connectivity index (χ0) is 17.8. The Kier molecular flexibility index (Phi) is 5.99. The molecule has 1 fully saturated rings. The molecule has 1 aliphatic carbocycles. The number of aryl methyl sites for hydroxylation is 2. The van der Waals surface area contributed by atoms with E-state index in [2.05, 4.69) is 64.1 Å². The lowest BCUT2D eigenvalue weighted by Crippen LogP contribution is -2.13. The minimum absolute atomic E-state index is 0.956. The van der Waals surface area contributed by atoms with Gasteiger partial charge in [-0.05, 0) is 78.3 Å². The number of benzene rings is 2. The van der Waals surface area contributed by atoms with Crippen LogP contribution in [0, 0.1) is 25.7 Å². The molecule has 1 saturated carbocycles. The summed E-state index contributed by atoms with van der Waals surface area (Å²) < 4.78 is 0. The fourth-order valence-corrected chi connectivity index (χ4v) is 4.36. The van der Waals surface area contributed by atoms with Crippen LogP contribution in [-0.2, 0) is 12.8 Å². The van der Waals surface area contributed by atoms with E-state index >= 15 is 0 Å². The van der Waals surface area contributed by atoms with E-state index in [1.807, 2.05) is 0 Å². The van der Waals surface area contributed by atoms with Crippen molar-refractivity contribution in [1.29, 1.82) is 0 Å². The van der Waals surface area contributed by atoms with Crippen LogP contribution in [0.3, 0.4) is 0 Å². The molecule has 0 aromatic heterocycles. The van der Waals surface area contributed by atoms with Gasteiger partial charge in [-0.25, -0.2) is 0 Å². The van der Waals surface area contributed by atoms with Gasteiger partial charge in [-0.2, -0.15) is 0 Å². The summed E-state index contributed by atoms with van der Waals surface area (Å²) in [4.78, 5) is 0. The molecular weight excluding hydrogens is 300 g/mol. The van der Waals surface area contributed by atoms with Crippen LogP contribution in [0.5, 0.6) is 0 Å². The van der Waals surface area contributed by atoms with Crippen molar-refractivity contribution in [2.45, 2.75) is 72.6 Å². The molecule has 134 valence electrons. The summed E-state index contributed by atoms with van der Waals surface area (Å²) in [7, 11) is 0. The minimum Gasteiger partial charge on any atom is -0.0625 e. The predicted molar refractivity (Wildman–Crippen MR) is 110 cm³/mol. The molecule has 2 aromatic rings. The van der Waals surface area contributed by atoms with Crippen molar-refractivity contribution in [3.05, 3.63) is 58.7 Å². The molecule has 0 bridgehead atoms. The van der Waals surface area contributed by atoms with Gasteiger partial charge >= 0.3 is 0 Å². The Balaban J connectivity index is 1.71. The van der Waals surface area contributed by atoms with Crippen LogP contribution >= 0.6 is 0 Å². The first-order valence-electron chi connectivity index (χ1n) is 10.3. The average molecular weight is 335 g/mol. The molecule has 0 aliphatic heterocycles. The topological polar surface area (TPSA) is 0 Å². The molecule has 0 nitrogen and oxygen atoms in total. The van der Waals surface area contributed by atoms with Crippen molar-refractivity contribution in [3.8, 4) is 11.1 Å². The van der Waals surface area contributed by atoms with Crippen LogP contribution in [-0.4, -0.2) is 0 Å². The highest BCUT2D eigenvalue weighted by molar-refractivity contribution is 5.69. The quantitative estimate of drug-likeness (QED) is 0.538. The van der Waals surface area contributed by atoms with Gasteiger partial charge in [0.05, 0.1) is 0 Å². The standard InChI is InChI=1S/C25H34/c1-5-21-10-14-24(15-11-21)25-17-16-23(19(3)20(25)4)13-12-22-8-6-18(2)7-9-22/h10-11,14-18,22H,5-9,12-13H2,1-4H3. The van der Waals surface area contributed by atoms with Crippen LogP contribution in [0.25, 0.3) is 11.1 Å². The van der Waals surface area contributed by atoms with E-state index in [9.17, 15) is 0 Å². The van der Waals surface area contributed by atoms with E-state index < -0.39 is 0 Å². The molecular formula is C25H34. The Morgan fingerprint density at radius 1 is 0.840 bits per heavy atom. The number of rotatable bonds is 5. The van der Waals surface area contributed by atoms with Gasteiger partial charge in [0.1, 0.15) is 0 Å². The van der Waals surface area contributed by atoms with Gasteiger partial charge in [0.25, 0.3) is 0 Å². The van der Waals surface area contributed by atoms with E-state index in [-0.39, 0.29) is 0 Å². The van der Waals surface area contributed by atoms with Crippen LogP contribution < -0.4 is 0 Å². The molecule has 0 amide bonds. The molecule has 0 spiro atoms. The Labute approximate surface area is 154 Å². The van der Waals surface area contributed by atoms with Gasteiger partial charge in [-0.3, -0.25) is 0 Å². The maximum atomic E-state index is 2.41. The van der Waals surface area contributed by atoms with Crippen LogP contribution in [0.1, 0.15) is 68.2 Å². The molecule has 25 heavy (non-hydrogen) atoms. The van der Waals surface area contributed by atoms with Gasteiger partial charge in [-0.15, -0.1) is 0 Å². The molecule has 3 rings (SSSR count).